The minimum Gasteiger partial charge on any atom is -0.741 e. The van der Waals surface area contributed by atoms with Gasteiger partial charge in [0.25, 0.3) is 0 Å². The summed E-state index contributed by atoms with van der Waals surface area (Å²) in [6, 6.07) is 0. The van der Waals surface area contributed by atoms with Gasteiger partial charge >= 0.3 is 32.1 Å². The molecule has 0 aromatic carbocycles. The van der Waals surface area contributed by atoms with Crippen LogP contribution < -0.4 is 0 Å². The van der Waals surface area contributed by atoms with Gasteiger partial charge in [-0.2, -0.15) is 26.3 Å². The van der Waals surface area contributed by atoms with Gasteiger partial charge in [0.05, 0.1) is 0 Å². The molecule has 0 saturated carbocycles. The Kier molecular flexibility index (Phi) is 8.27. The van der Waals surface area contributed by atoms with E-state index in [4.69, 9.17) is 25.9 Å². The number of hydrogen-bond acceptors (Lipinski definition) is 6. The van der Waals surface area contributed by atoms with Gasteiger partial charge in [0.15, 0.2) is 20.2 Å². The quantitative estimate of drug-likeness (QED) is 0.269. The molecule has 0 bridgehead atoms. The maximum Gasteiger partial charge on any atom is 2.00 e. The van der Waals surface area contributed by atoms with Crippen LogP contribution in [0.4, 0.5) is 26.3 Å². The van der Waals surface area contributed by atoms with Crippen molar-refractivity contribution in [2.24, 2.45) is 0 Å². The predicted molar refractivity (Wildman–Crippen MR) is 31.5 cm³/mol. The third-order valence-electron chi connectivity index (χ3n) is 0.567. The van der Waals surface area contributed by atoms with Gasteiger partial charge in [0.2, 0.25) is 0 Å². The van der Waals surface area contributed by atoms with Crippen molar-refractivity contribution in [1.82, 2.24) is 0 Å². The van der Waals surface area contributed by atoms with Gasteiger partial charge in [-0.3, -0.25) is 0 Å². The first kappa shape index (κ1) is 22.3. The van der Waals surface area contributed by atoms with Gasteiger partial charge < -0.3 is 9.11 Å². The van der Waals surface area contributed by atoms with Crippen molar-refractivity contribution in [2.45, 2.75) is 11.0 Å². The summed E-state index contributed by atoms with van der Waals surface area (Å²) >= 11 is 0. The summed E-state index contributed by atoms with van der Waals surface area (Å²) in [6.07, 6.45) is 0. The Morgan fingerprint density at radius 1 is 0.647 bits per heavy atom. The molecule has 0 N–H and O–H groups in total. The van der Waals surface area contributed by atoms with Gasteiger partial charge in [-0.25, -0.2) is 16.8 Å². The molecule has 0 heterocycles. The molecule has 0 aliphatic rings. The molecule has 17 heavy (non-hydrogen) atoms. The van der Waals surface area contributed by atoms with Crippen molar-refractivity contribution in [3.63, 3.8) is 0 Å². The third kappa shape index (κ3) is 9.76. The molecule has 0 aromatic rings. The molecule has 0 atom stereocenters. The Bertz CT molecular complexity index is 374. The average Bonchev–Trinajstić information content (AvgIpc) is 1.77. The van der Waals surface area contributed by atoms with E-state index in [-0.39, 0.29) is 21.1 Å². The van der Waals surface area contributed by atoms with Gasteiger partial charge in [-0.1, -0.05) is 0 Å². The van der Waals surface area contributed by atoms with Crippen molar-refractivity contribution < 1.29 is 73.3 Å². The molecule has 0 radical (unpaired) electrons. The maximum atomic E-state index is 10.7. The summed E-state index contributed by atoms with van der Waals surface area (Å²) < 4.78 is 118. The van der Waals surface area contributed by atoms with Crippen LogP contribution in [0.5, 0.6) is 0 Å². The minimum atomic E-state index is -6.09. The molecule has 6 nitrogen and oxygen atoms in total. The topological polar surface area (TPSA) is 114 Å². The van der Waals surface area contributed by atoms with Crippen molar-refractivity contribution in [3.05, 3.63) is 0 Å². The molecule has 0 aliphatic heterocycles. The first-order valence-corrected chi connectivity index (χ1v) is 5.36. The monoisotopic (exact) mass is 493 g/mol. The second-order valence-electron chi connectivity index (χ2n) is 1.80. The Balaban J connectivity index is -0.000000218. The molecule has 15 heteroatoms. The number of halogens is 6. The standard InChI is InChI=1S/2CHF3O3S.Pt/c2*2-1(3,4)8(5,6)7;/h2*(H,5,6,7);/q;;+2/p-2. The van der Waals surface area contributed by atoms with Crippen LogP contribution in [-0.2, 0) is 41.3 Å². The van der Waals surface area contributed by atoms with E-state index in [2.05, 4.69) is 0 Å². The molecule has 0 spiro atoms. The SMILES string of the molecule is O=S(=O)([O-])C(F)(F)F.O=S(=O)([O-])C(F)(F)F.[Pt+2]. The predicted octanol–water partition coefficient (Wildman–Crippen LogP) is 0.100. The second-order valence-corrected chi connectivity index (χ2v) is 4.54. The zero-order chi connectivity index (χ0) is 14.0. The summed E-state index contributed by atoms with van der Waals surface area (Å²) in [7, 11) is -12.2. The van der Waals surface area contributed by atoms with E-state index in [9.17, 15) is 26.3 Å². The van der Waals surface area contributed by atoms with Gasteiger partial charge in [-0.15, -0.1) is 0 Å². The fraction of sp³-hybridized carbons (Fsp3) is 1.00. The zero-order valence-electron chi connectivity index (χ0n) is 6.85. The summed E-state index contributed by atoms with van der Waals surface area (Å²) in [4.78, 5) is 0. The molecule has 0 aromatic heterocycles. The van der Waals surface area contributed by atoms with Crippen molar-refractivity contribution in [2.75, 3.05) is 0 Å². The van der Waals surface area contributed by atoms with Crippen LogP contribution in [0.25, 0.3) is 0 Å². The zero-order valence-corrected chi connectivity index (χ0v) is 10.8. The first-order chi connectivity index (χ1) is 6.50. The Hall–Kier alpha value is 0.0883. The van der Waals surface area contributed by atoms with Crippen LogP contribution in [-0.4, -0.2) is 37.0 Å². The second kappa shape index (κ2) is 6.31. The smallest absolute Gasteiger partial charge is 0.741 e. The van der Waals surface area contributed by atoms with E-state index >= 15 is 0 Å². The van der Waals surface area contributed by atoms with Crippen LogP contribution in [0.3, 0.4) is 0 Å². The Morgan fingerprint density at radius 2 is 0.706 bits per heavy atom. The van der Waals surface area contributed by atoms with E-state index in [0.29, 0.717) is 0 Å². The van der Waals surface area contributed by atoms with Crippen LogP contribution >= 0.6 is 0 Å². The van der Waals surface area contributed by atoms with E-state index in [1.165, 1.54) is 0 Å². The summed E-state index contributed by atoms with van der Waals surface area (Å²) in [6.45, 7) is 0. The normalized spacial score (nSPS) is 13.2. The van der Waals surface area contributed by atoms with Crippen LogP contribution in [0.15, 0.2) is 0 Å². The number of hydrogen-bond donors (Lipinski definition) is 0. The van der Waals surface area contributed by atoms with E-state index in [1.807, 2.05) is 0 Å². The van der Waals surface area contributed by atoms with Gasteiger partial charge in [0.1, 0.15) is 0 Å². The molecule has 108 valence electrons. The van der Waals surface area contributed by atoms with Crippen molar-refractivity contribution >= 4 is 20.2 Å². The fourth-order valence-corrected chi connectivity index (χ4v) is 0. The summed E-state index contributed by atoms with van der Waals surface area (Å²) in [5, 5.41) is 0. The van der Waals surface area contributed by atoms with Gasteiger partial charge in [-0.05, 0) is 0 Å². The molecule has 0 saturated heterocycles. The molecule has 0 fully saturated rings. The average molecular weight is 493 g/mol. The Labute approximate surface area is 105 Å². The molecule has 0 rings (SSSR count). The summed E-state index contributed by atoms with van der Waals surface area (Å²) in [5.74, 6) is 0. The fourth-order valence-electron chi connectivity index (χ4n) is 0. The van der Waals surface area contributed by atoms with E-state index < -0.39 is 31.3 Å². The molecular formula is C2F6O6PtS2. The first-order valence-electron chi connectivity index (χ1n) is 2.54. The van der Waals surface area contributed by atoms with Crippen LogP contribution in [0, 0.1) is 0 Å². The van der Waals surface area contributed by atoms with Crippen LogP contribution in [0.1, 0.15) is 0 Å². The molecular weight excluding hydrogens is 493 g/mol. The largest absolute Gasteiger partial charge is 2.00 e. The molecule has 0 amide bonds. The Morgan fingerprint density at radius 3 is 0.706 bits per heavy atom. The van der Waals surface area contributed by atoms with E-state index in [1.54, 1.807) is 0 Å². The molecule has 0 aliphatic carbocycles. The van der Waals surface area contributed by atoms with Gasteiger partial charge in [0, 0.05) is 0 Å². The minimum absolute atomic E-state index is 0. The maximum absolute atomic E-state index is 10.7. The number of rotatable bonds is 0. The number of alkyl halides is 6. The third-order valence-corrected chi connectivity index (χ3v) is 1.70. The van der Waals surface area contributed by atoms with Crippen molar-refractivity contribution in [3.8, 4) is 0 Å². The molecule has 0 unspecified atom stereocenters. The van der Waals surface area contributed by atoms with Crippen molar-refractivity contribution in [1.29, 1.82) is 0 Å². The summed E-state index contributed by atoms with van der Waals surface area (Å²) in [5.41, 5.74) is -11.3. The van der Waals surface area contributed by atoms with E-state index in [0.717, 1.165) is 0 Å². The van der Waals surface area contributed by atoms with Crippen LogP contribution in [0.2, 0.25) is 0 Å².